The molecule has 3 nitrogen and oxygen atoms in total. The van der Waals surface area contributed by atoms with Crippen LogP contribution in [-0.4, -0.2) is 12.6 Å². The van der Waals surface area contributed by atoms with Crippen LogP contribution in [0.2, 0.25) is 5.02 Å². The van der Waals surface area contributed by atoms with Crippen molar-refractivity contribution in [3.05, 3.63) is 34.9 Å². The molecule has 84 valence electrons. The van der Waals surface area contributed by atoms with Gasteiger partial charge in [0, 0.05) is 5.02 Å². The van der Waals surface area contributed by atoms with Crippen molar-refractivity contribution >= 4 is 30.0 Å². The van der Waals surface area contributed by atoms with Crippen LogP contribution in [0.3, 0.4) is 0 Å². The predicted molar refractivity (Wildman–Crippen MR) is 62.3 cm³/mol. The summed E-state index contributed by atoms with van der Waals surface area (Å²) in [5.41, 5.74) is 6.36. The molecule has 15 heavy (non-hydrogen) atoms. The molecule has 5 heteroatoms. The van der Waals surface area contributed by atoms with Crippen molar-refractivity contribution in [1.29, 1.82) is 0 Å². The first-order valence-corrected chi connectivity index (χ1v) is 4.70. The summed E-state index contributed by atoms with van der Waals surface area (Å²) in [5.74, 6) is -0.421. The van der Waals surface area contributed by atoms with Crippen molar-refractivity contribution in [2.24, 2.45) is 5.73 Å². The molecule has 0 spiro atoms. The fourth-order valence-corrected chi connectivity index (χ4v) is 1.16. The van der Waals surface area contributed by atoms with E-state index in [0.717, 1.165) is 0 Å². The van der Waals surface area contributed by atoms with Gasteiger partial charge in [0.05, 0.1) is 6.61 Å². The Hall–Kier alpha value is -0.770. The SMILES string of the molecule is CCOC(=O)[C@@H](N)c1ccc(Cl)cc1.Cl. The molecule has 0 fully saturated rings. The van der Waals surface area contributed by atoms with E-state index >= 15 is 0 Å². The number of nitrogens with two attached hydrogens (primary N) is 1. The van der Waals surface area contributed by atoms with Crippen LogP contribution >= 0.6 is 24.0 Å². The molecule has 1 rings (SSSR count). The third-order valence-electron chi connectivity index (χ3n) is 1.77. The van der Waals surface area contributed by atoms with Crippen molar-refractivity contribution in [2.75, 3.05) is 6.61 Å². The summed E-state index contributed by atoms with van der Waals surface area (Å²) in [5, 5.41) is 0.616. The van der Waals surface area contributed by atoms with Crippen molar-refractivity contribution in [3.8, 4) is 0 Å². The topological polar surface area (TPSA) is 52.3 Å². The Morgan fingerprint density at radius 1 is 1.47 bits per heavy atom. The van der Waals surface area contributed by atoms with Gasteiger partial charge in [-0.25, -0.2) is 4.79 Å². The molecule has 0 radical (unpaired) electrons. The maximum Gasteiger partial charge on any atom is 0.327 e. The maximum atomic E-state index is 11.2. The summed E-state index contributed by atoms with van der Waals surface area (Å²) in [6.45, 7) is 2.08. The zero-order valence-corrected chi connectivity index (χ0v) is 9.85. The van der Waals surface area contributed by atoms with E-state index in [2.05, 4.69) is 0 Å². The number of rotatable bonds is 3. The number of esters is 1. The molecule has 0 aliphatic carbocycles. The maximum absolute atomic E-state index is 11.2. The van der Waals surface area contributed by atoms with Crippen LogP contribution in [0.15, 0.2) is 24.3 Å². The molecular weight excluding hydrogens is 237 g/mol. The van der Waals surface area contributed by atoms with Gasteiger partial charge in [0.25, 0.3) is 0 Å². The van der Waals surface area contributed by atoms with Crippen LogP contribution in [0.4, 0.5) is 0 Å². The Kier molecular flexibility index (Phi) is 6.32. The highest BCUT2D eigenvalue weighted by Gasteiger charge is 2.16. The van der Waals surface area contributed by atoms with E-state index in [-0.39, 0.29) is 12.4 Å². The number of hydrogen-bond donors (Lipinski definition) is 1. The van der Waals surface area contributed by atoms with Gasteiger partial charge < -0.3 is 10.5 Å². The second-order valence-electron chi connectivity index (χ2n) is 2.78. The Morgan fingerprint density at radius 2 is 2.00 bits per heavy atom. The molecule has 0 heterocycles. The molecule has 1 aromatic rings. The molecule has 0 saturated heterocycles. The molecular formula is C10H13Cl2NO2. The molecule has 0 unspecified atom stereocenters. The van der Waals surface area contributed by atoms with E-state index < -0.39 is 12.0 Å². The minimum atomic E-state index is -0.729. The zero-order valence-electron chi connectivity index (χ0n) is 8.27. The normalized spacial score (nSPS) is 11.4. The third-order valence-corrected chi connectivity index (χ3v) is 2.02. The first-order chi connectivity index (χ1) is 6.65. The number of carbonyl (C=O) groups excluding carboxylic acids is 1. The summed E-state index contributed by atoms with van der Waals surface area (Å²) in [7, 11) is 0. The second kappa shape index (κ2) is 6.67. The molecule has 1 aromatic carbocycles. The summed E-state index contributed by atoms with van der Waals surface area (Å²) >= 11 is 5.70. The number of ether oxygens (including phenoxy) is 1. The van der Waals surface area contributed by atoms with Crippen LogP contribution < -0.4 is 5.73 Å². The van der Waals surface area contributed by atoms with E-state index in [0.29, 0.717) is 17.2 Å². The van der Waals surface area contributed by atoms with Crippen LogP contribution in [0.25, 0.3) is 0 Å². The van der Waals surface area contributed by atoms with E-state index in [1.54, 1.807) is 31.2 Å². The third kappa shape index (κ3) is 4.08. The lowest BCUT2D eigenvalue weighted by atomic mass is 10.1. The van der Waals surface area contributed by atoms with Gasteiger partial charge in [-0.15, -0.1) is 12.4 Å². The van der Waals surface area contributed by atoms with Gasteiger partial charge in [-0.2, -0.15) is 0 Å². The van der Waals surface area contributed by atoms with E-state index in [9.17, 15) is 4.79 Å². The summed E-state index contributed by atoms with van der Waals surface area (Å²) in [6.07, 6.45) is 0. The van der Waals surface area contributed by atoms with Crippen LogP contribution in [0.5, 0.6) is 0 Å². The highest BCUT2D eigenvalue weighted by atomic mass is 35.5. The highest BCUT2D eigenvalue weighted by molar-refractivity contribution is 6.30. The van der Waals surface area contributed by atoms with Gasteiger partial charge in [-0.1, -0.05) is 23.7 Å². The van der Waals surface area contributed by atoms with E-state index in [4.69, 9.17) is 22.1 Å². The van der Waals surface area contributed by atoms with Gasteiger partial charge in [0.1, 0.15) is 6.04 Å². The Bertz CT molecular complexity index is 314. The van der Waals surface area contributed by atoms with Gasteiger partial charge in [0.15, 0.2) is 0 Å². The minimum absolute atomic E-state index is 0. The van der Waals surface area contributed by atoms with Crippen LogP contribution in [0.1, 0.15) is 18.5 Å². The summed E-state index contributed by atoms with van der Waals surface area (Å²) < 4.78 is 4.79. The lowest BCUT2D eigenvalue weighted by molar-refractivity contribution is -0.144. The average molecular weight is 250 g/mol. The standard InChI is InChI=1S/C10H12ClNO2.ClH/c1-2-14-10(13)9(12)7-3-5-8(11)6-4-7;/h3-6,9H,2,12H2,1H3;1H/t9-;/m0./s1. The molecule has 1 atom stereocenters. The number of benzene rings is 1. The monoisotopic (exact) mass is 249 g/mol. The average Bonchev–Trinajstić information content (AvgIpc) is 2.18. The molecule has 2 N–H and O–H groups in total. The molecule has 0 aromatic heterocycles. The molecule has 0 bridgehead atoms. The Labute approximate surface area is 100.0 Å². The smallest absolute Gasteiger partial charge is 0.327 e. The molecule has 0 aliphatic rings. The lowest BCUT2D eigenvalue weighted by Crippen LogP contribution is -2.23. The van der Waals surface area contributed by atoms with Crippen LogP contribution in [0, 0.1) is 0 Å². The van der Waals surface area contributed by atoms with Crippen molar-refractivity contribution in [1.82, 2.24) is 0 Å². The number of carbonyl (C=O) groups is 1. The van der Waals surface area contributed by atoms with Gasteiger partial charge in [0.2, 0.25) is 0 Å². The van der Waals surface area contributed by atoms with Crippen molar-refractivity contribution < 1.29 is 9.53 Å². The zero-order chi connectivity index (χ0) is 10.6. The lowest BCUT2D eigenvalue weighted by Gasteiger charge is -2.10. The summed E-state index contributed by atoms with van der Waals surface area (Å²) in [6, 6.07) is 6.08. The van der Waals surface area contributed by atoms with Crippen molar-refractivity contribution in [3.63, 3.8) is 0 Å². The second-order valence-corrected chi connectivity index (χ2v) is 3.22. The quantitative estimate of drug-likeness (QED) is 0.837. The fraction of sp³-hybridized carbons (Fsp3) is 0.300. The molecule has 0 saturated carbocycles. The first-order valence-electron chi connectivity index (χ1n) is 4.33. The van der Waals surface area contributed by atoms with Gasteiger partial charge in [-0.05, 0) is 24.6 Å². The van der Waals surface area contributed by atoms with E-state index in [1.807, 2.05) is 0 Å². The van der Waals surface area contributed by atoms with Gasteiger partial charge in [-0.3, -0.25) is 0 Å². The number of hydrogen-bond acceptors (Lipinski definition) is 3. The Balaban J connectivity index is 0.00000196. The largest absolute Gasteiger partial charge is 0.465 e. The Morgan fingerprint density at radius 3 is 2.47 bits per heavy atom. The number of halogens is 2. The molecule has 0 amide bonds. The van der Waals surface area contributed by atoms with Crippen LogP contribution in [-0.2, 0) is 9.53 Å². The van der Waals surface area contributed by atoms with E-state index in [1.165, 1.54) is 0 Å². The minimum Gasteiger partial charge on any atom is -0.465 e. The fourth-order valence-electron chi connectivity index (χ4n) is 1.04. The van der Waals surface area contributed by atoms with Crippen molar-refractivity contribution in [2.45, 2.75) is 13.0 Å². The highest BCUT2D eigenvalue weighted by Crippen LogP contribution is 2.15. The van der Waals surface area contributed by atoms with Gasteiger partial charge >= 0.3 is 5.97 Å². The first kappa shape index (κ1) is 14.2. The summed E-state index contributed by atoms with van der Waals surface area (Å²) in [4.78, 5) is 11.2. The molecule has 0 aliphatic heterocycles. The predicted octanol–water partition coefficient (Wildman–Crippen LogP) is 2.32.